The summed E-state index contributed by atoms with van der Waals surface area (Å²) < 4.78 is 27.5. The molecule has 2 rings (SSSR count). The molecule has 26 heavy (non-hydrogen) atoms. The zero-order valence-corrected chi connectivity index (χ0v) is 15.9. The van der Waals surface area contributed by atoms with Gasteiger partial charge in [0.1, 0.15) is 0 Å². The first-order valence-electron chi connectivity index (χ1n) is 8.65. The predicted octanol–water partition coefficient (Wildman–Crippen LogP) is 0.652. The molecule has 0 spiro atoms. The number of nitrogens with zero attached hydrogens (tertiary/aromatic N) is 1. The second-order valence-corrected chi connectivity index (χ2v) is 8.18. The van der Waals surface area contributed by atoms with Crippen LogP contribution < -0.4 is 15.8 Å². The van der Waals surface area contributed by atoms with Crippen LogP contribution in [0.3, 0.4) is 0 Å². The molecule has 1 aliphatic rings. The van der Waals surface area contributed by atoms with E-state index in [4.69, 9.17) is 5.73 Å². The second-order valence-electron chi connectivity index (χ2n) is 6.47. The van der Waals surface area contributed by atoms with Crippen molar-refractivity contribution in [2.24, 2.45) is 5.73 Å². The van der Waals surface area contributed by atoms with Crippen molar-refractivity contribution in [3.63, 3.8) is 0 Å². The van der Waals surface area contributed by atoms with Gasteiger partial charge in [-0.1, -0.05) is 0 Å². The molecule has 144 valence electrons. The Labute approximate surface area is 154 Å². The van der Waals surface area contributed by atoms with E-state index in [1.54, 1.807) is 4.90 Å². The average molecular weight is 382 g/mol. The van der Waals surface area contributed by atoms with Crippen LogP contribution in [0.5, 0.6) is 0 Å². The van der Waals surface area contributed by atoms with Gasteiger partial charge in [0.25, 0.3) is 0 Å². The summed E-state index contributed by atoms with van der Waals surface area (Å²) in [5, 5.41) is 2.57. The van der Waals surface area contributed by atoms with Gasteiger partial charge in [0, 0.05) is 31.7 Å². The van der Waals surface area contributed by atoms with Crippen molar-refractivity contribution in [2.45, 2.75) is 50.1 Å². The van der Waals surface area contributed by atoms with E-state index < -0.39 is 16.1 Å². The Balaban J connectivity index is 2.07. The molecule has 2 unspecified atom stereocenters. The van der Waals surface area contributed by atoms with E-state index in [0.717, 1.165) is 19.3 Å². The SMILES string of the molecule is CC(=O)Nc1ccc(S(=O)(=O)NC(C)C(=O)N2CCCCC2CN)cc1. The zero-order chi connectivity index (χ0) is 19.3. The summed E-state index contributed by atoms with van der Waals surface area (Å²) in [6.07, 6.45) is 2.76. The zero-order valence-electron chi connectivity index (χ0n) is 15.1. The molecule has 2 atom stereocenters. The summed E-state index contributed by atoms with van der Waals surface area (Å²) in [6.45, 7) is 3.87. The standard InChI is InChI=1S/C17H26N4O4S/c1-12(17(23)21-10-4-3-5-15(21)11-18)20-26(24,25)16-8-6-14(7-9-16)19-13(2)22/h6-9,12,15,20H,3-5,10-11,18H2,1-2H3,(H,19,22). The first-order chi connectivity index (χ1) is 12.2. The first kappa shape index (κ1) is 20.3. The van der Waals surface area contributed by atoms with Gasteiger partial charge in [-0.3, -0.25) is 9.59 Å². The lowest BCUT2D eigenvalue weighted by molar-refractivity contribution is -0.136. The van der Waals surface area contributed by atoms with E-state index in [1.807, 2.05) is 0 Å². The van der Waals surface area contributed by atoms with Gasteiger partial charge in [-0.05, 0) is 50.5 Å². The van der Waals surface area contributed by atoms with Crippen molar-refractivity contribution in [3.8, 4) is 0 Å². The molecule has 1 aliphatic heterocycles. The molecular weight excluding hydrogens is 356 g/mol. The molecule has 0 saturated carbocycles. The molecule has 1 aromatic rings. The van der Waals surface area contributed by atoms with Crippen LogP contribution in [0.2, 0.25) is 0 Å². The van der Waals surface area contributed by atoms with Crippen LogP contribution in [0.15, 0.2) is 29.2 Å². The van der Waals surface area contributed by atoms with Gasteiger partial charge < -0.3 is 16.0 Å². The van der Waals surface area contributed by atoms with Gasteiger partial charge in [-0.15, -0.1) is 0 Å². The molecule has 0 aliphatic carbocycles. The molecular formula is C17H26N4O4S. The monoisotopic (exact) mass is 382 g/mol. The van der Waals surface area contributed by atoms with E-state index in [9.17, 15) is 18.0 Å². The Hall–Kier alpha value is -1.97. The third-order valence-electron chi connectivity index (χ3n) is 4.37. The van der Waals surface area contributed by atoms with Crippen LogP contribution in [0.25, 0.3) is 0 Å². The quantitative estimate of drug-likeness (QED) is 0.667. The van der Waals surface area contributed by atoms with E-state index in [2.05, 4.69) is 10.0 Å². The van der Waals surface area contributed by atoms with Crippen LogP contribution >= 0.6 is 0 Å². The summed E-state index contributed by atoms with van der Waals surface area (Å²) in [5.74, 6) is -0.507. The minimum Gasteiger partial charge on any atom is -0.337 e. The van der Waals surface area contributed by atoms with Gasteiger partial charge in [-0.25, -0.2) is 8.42 Å². The fourth-order valence-electron chi connectivity index (χ4n) is 3.06. The highest BCUT2D eigenvalue weighted by Gasteiger charge is 2.31. The van der Waals surface area contributed by atoms with Crippen molar-refractivity contribution in [3.05, 3.63) is 24.3 Å². The van der Waals surface area contributed by atoms with Crippen molar-refractivity contribution in [2.75, 3.05) is 18.4 Å². The molecule has 1 heterocycles. The van der Waals surface area contributed by atoms with Crippen LogP contribution in [-0.4, -0.2) is 50.3 Å². The minimum absolute atomic E-state index is 0.0280. The fourth-order valence-corrected chi connectivity index (χ4v) is 4.25. The molecule has 0 aromatic heterocycles. The number of carbonyl (C=O) groups excluding carboxylic acids is 2. The third kappa shape index (κ3) is 5.03. The van der Waals surface area contributed by atoms with E-state index >= 15 is 0 Å². The van der Waals surface area contributed by atoms with Crippen LogP contribution in [0, 0.1) is 0 Å². The average Bonchev–Trinajstić information content (AvgIpc) is 2.60. The number of carbonyl (C=O) groups is 2. The normalized spacial score (nSPS) is 19.0. The molecule has 0 radical (unpaired) electrons. The number of hydrogen-bond donors (Lipinski definition) is 3. The highest BCUT2D eigenvalue weighted by atomic mass is 32.2. The second kappa shape index (κ2) is 8.61. The Morgan fingerprint density at radius 1 is 1.27 bits per heavy atom. The number of likely N-dealkylation sites (tertiary alicyclic amines) is 1. The molecule has 0 bridgehead atoms. The number of benzene rings is 1. The largest absolute Gasteiger partial charge is 0.337 e. The summed E-state index contributed by atoms with van der Waals surface area (Å²) in [5.41, 5.74) is 6.24. The molecule has 2 amide bonds. The van der Waals surface area contributed by atoms with Gasteiger partial charge in [0.15, 0.2) is 0 Å². The number of piperidine rings is 1. The molecule has 1 fully saturated rings. The van der Waals surface area contributed by atoms with Gasteiger partial charge in [0.2, 0.25) is 21.8 Å². The summed E-state index contributed by atoms with van der Waals surface area (Å²) in [6, 6.07) is 4.83. The third-order valence-corrected chi connectivity index (χ3v) is 5.93. The topological polar surface area (TPSA) is 122 Å². The van der Waals surface area contributed by atoms with Gasteiger partial charge in [0.05, 0.1) is 10.9 Å². The van der Waals surface area contributed by atoms with Crippen molar-refractivity contribution < 1.29 is 18.0 Å². The fraction of sp³-hybridized carbons (Fsp3) is 0.529. The molecule has 9 heteroatoms. The summed E-state index contributed by atoms with van der Waals surface area (Å²) >= 11 is 0. The summed E-state index contributed by atoms with van der Waals surface area (Å²) in [7, 11) is -3.85. The maximum atomic E-state index is 12.6. The van der Waals surface area contributed by atoms with Crippen molar-refractivity contribution in [1.29, 1.82) is 0 Å². The molecule has 8 nitrogen and oxygen atoms in total. The number of nitrogens with one attached hydrogen (secondary N) is 2. The van der Waals surface area contributed by atoms with Crippen molar-refractivity contribution >= 4 is 27.5 Å². The highest BCUT2D eigenvalue weighted by molar-refractivity contribution is 7.89. The predicted molar refractivity (Wildman–Crippen MR) is 98.9 cm³/mol. The van der Waals surface area contributed by atoms with E-state index in [-0.39, 0.29) is 22.8 Å². The minimum atomic E-state index is -3.85. The maximum absolute atomic E-state index is 12.6. The van der Waals surface area contributed by atoms with Crippen LogP contribution in [-0.2, 0) is 19.6 Å². The van der Waals surface area contributed by atoms with Crippen molar-refractivity contribution in [1.82, 2.24) is 9.62 Å². The molecule has 1 saturated heterocycles. The number of sulfonamides is 1. The number of amides is 2. The lowest BCUT2D eigenvalue weighted by Gasteiger charge is -2.36. The van der Waals surface area contributed by atoms with E-state index in [0.29, 0.717) is 18.8 Å². The van der Waals surface area contributed by atoms with Crippen LogP contribution in [0.1, 0.15) is 33.1 Å². The van der Waals surface area contributed by atoms with Crippen LogP contribution in [0.4, 0.5) is 5.69 Å². The Morgan fingerprint density at radius 3 is 2.50 bits per heavy atom. The lowest BCUT2D eigenvalue weighted by Crippen LogP contribution is -2.54. The number of rotatable bonds is 6. The molecule has 4 N–H and O–H groups in total. The first-order valence-corrected chi connectivity index (χ1v) is 10.1. The number of anilines is 1. The lowest BCUT2D eigenvalue weighted by atomic mass is 10.0. The van der Waals surface area contributed by atoms with Gasteiger partial charge in [-0.2, -0.15) is 4.72 Å². The Bertz CT molecular complexity index is 749. The summed E-state index contributed by atoms with van der Waals surface area (Å²) in [4.78, 5) is 25.4. The smallest absolute Gasteiger partial charge is 0.241 e. The molecule has 1 aromatic carbocycles. The number of hydrogen-bond acceptors (Lipinski definition) is 5. The number of nitrogens with two attached hydrogens (primary N) is 1. The maximum Gasteiger partial charge on any atom is 0.241 e. The highest BCUT2D eigenvalue weighted by Crippen LogP contribution is 2.18. The van der Waals surface area contributed by atoms with E-state index in [1.165, 1.54) is 38.1 Å². The Morgan fingerprint density at radius 2 is 1.92 bits per heavy atom. The van der Waals surface area contributed by atoms with Gasteiger partial charge >= 0.3 is 0 Å². The Kier molecular flexibility index (Phi) is 6.74.